The highest BCUT2D eigenvalue weighted by atomic mass is 16.6. The lowest BCUT2D eigenvalue weighted by molar-refractivity contribution is 0.0526. The lowest BCUT2D eigenvalue weighted by atomic mass is 10.0. The number of carbonyl (C=O) groups excluding carboxylic acids is 2. The summed E-state index contributed by atoms with van der Waals surface area (Å²) >= 11 is 0. The Morgan fingerprint density at radius 2 is 1.40 bits per heavy atom. The van der Waals surface area contributed by atoms with Crippen LogP contribution in [0.5, 0.6) is 0 Å². The number of ether oxygens (including phenoxy) is 1. The van der Waals surface area contributed by atoms with E-state index < -0.39 is 11.7 Å². The smallest absolute Gasteiger partial charge is 0.407 e. The van der Waals surface area contributed by atoms with Crippen molar-refractivity contribution < 1.29 is 14.3 Å². The van der Waals surface area contributed by atoms with Crippen molar-refractivity contribution in [1.29, 1.82) is 0 Å². The summed E-state index contributed by atoms with van der Waals surface area (Å²) in [7, 11) is 0. The average molecular weight is 340 g/mol. The second-order valence-electron chi connectivity index (χ2n) is 6.63. The molecule has 2 rings (SSSR count). The van der Waals surface area contributed by atoms with Crippen LogP contribution in [0.25, 0.3) is 11.1 Å². The van der Waals surface area contributed by atoms with Crippen LogP contribution in [0.3, 0.4) is 0 Å². The van der Waals surface area contributed by atoms with Gasteiger partial charge in [-0.25, -0.2) is 4.79 Å². The molecule has 0 atom stereocenters. The standard InChI is InChI=1S/C20H24N2O3/c1-20(2,3)25-19(24)22-14-13-21-18(23)17-11-9-16(10-12-17)15-7-5-4-6-8-15/h4-12H,13-14H2,1-3H3,(H,21,23)(H,22,24). The third-order valence-electron chi connectivity index (χ3n) is 3.33. The van der Waals surface area contributed by atoms with E-state index in [9.17, 15) is 9.59 Å². The molecule has 2 amide bonds. The Balaban J connectivity index is 1.79. The van der Waals surface area contributed by atoms with Crippen LogP contribution in [-0.2, 0) is 4.74 Å². The van der Waals surface area contributed by atoms with Crippen molar-refractivity contribution in [3.63, 3.8) is 0 Å². The molecule has 0 heterocycles. The Kier molecular flexibility index (Phi) is 6.17. The molecule has 0 fully saturated rings. The minimum atomic E-state index is -0.534. The minimum absolute atomic E-state index is 0.175. The van der Waals surface area contributed by atoms with Crippen molar-refractivity contribution in [3.8, 4) is 11.1 Å². The van der Waals surface area contributed by atoms with Crippen LogP contribution < -0.4 is 10.6 Å². The number of hydrogen-bond donors (Lipinski definition) is 2. The van der Waals surface area contributed by atoms with Crippen LogP contribution in [-0.4, -0.2) is 30.7 Å². The molecule has 0 aliphatic rings. The summed E-state index contributed by atoms with van der Waals surface area (Å²) < 4.78 is 5.12. The fourth-order valence-electron chi connectivity index (χ4n) is 2.20. The molecule has 5 heteroatoms. The van der Waals surface area contributed by atoms with Gasteiger partial charge in [0.1, 0.15) is 5.60 Å². The highest BCUT2D eigenvalue weighted by Crippen LogP contribution is 2.19. The molecule has 0 saturated heterocycles. The van der Waals surface area contributed by atoms with Gasteiger partial charge in [0.2, 0.25) is 0 Å². The van der Waals surface area contributed by atoms with Gasteiger partial charge in [0.15, 0.2) is 0 Å². The molecule has 0 spiro atoms. The first kappa shape index (κ1) is 18.5. The Morgan fingerprint density at radius 3 is 2.00 bits per heavy atom. The molecule has 0 aliphatic carbocycles. The normalized spacial score (nSPS) is 10.8. The summed E-state index contributed by atoms with van der Waals surface area (Å²) in [4.78, 5) is 23.6. The molecule has 5 nitrogen and oxygen atoms in total. The number of hydrogen-bond acceptors (Lipinski definition) is 3. The van der Waals surface area contributed by atoms with E-state index in [1.54, 1.807) is 32.9 Å². The topological polar surface area (TPSA) is 67.4 Å². The molecule has 25 heavy (non-hydrogen) atoms. The molecule has 132 valence electrons. The zero-order chi connectivity index (χ0) is 18.3. The Labute approximate surface area is 148 Å². The lowest BCUT2D eigenvalue weighted by Crippen LogP contribution is -2.37. The van der Waals surface area contributed by atoms with Gasteiger partial charge >= 0.3 is 6.09 Å². The molecule has 0 aliphatic heterocycles. The van der Waals surface area contributed by atoms with E-state index in [2.05, 4.69) is 10.6 Å². The van der Waals surface area contributed by atoms with E-state index in [1.807, 2.05) is 42.5 Å². The molecular weight excluding hydrogens is 316 g/mol. The first-order valence-electron chi connectivity index (χ1n) is 8.26. The van der Waals surface area contributed by atoms with Gasteiger partial charge in [0, 0.05) is 18.7 Å². The van der Waals surface area contributed by atoms with Crippen LogP contribution in [0.1, 0.15) is 31.1 Å². The van der Waals surface area contributed by atoms with Gasteiger partial charge in [-0.15, -0.1) is 0 Å². The van der Waals surface area contributed by atoms with Gasteiger partial charge in [-0.1, -0.05) is 42.5 Å². The number of nitrogens with one attached hydrogen (secondary N) is 2. The Hall–Kier alpha value is -2.82. The van der Waals surface area contributed by atoms with E-state index >= 15 is 0 Å². The van der Waals surface area contributed by atoms with Crippen molar-refractivity contribution >= 4 is 12.0 Å². The van der Waals surface area contributed by atoms with Crippen molar-refractivity contribution in [2.24, 2.45) is 0 Å². The molecular formula is C20H24N2O3. The average Bonchev–Trinajstić information content (AvgIpc) is 2.58. The Morgan fingerprint density at radius 1 is 0.840 bits per heavy atom. The largest absolute Gasteiger partial charge is 0.444 e. The highest BCUT2D eigenvalue weighted by molar-refractivity contribution is 5.94. The summed E-state index contributed by atoms with van der Waals surface area (Å²) in [5.41, 5.74) is 2.21. The van der Waals surface area contributed by atoms with E-state index in [1.165, 1.54) is 0 Å². The molecule has 0 bridgehead atoms. The van der Waals surface area contributed by atoms with Gasteiger partial charge in [-0.05, 0) is 44.0 Å². The highest BCUT2D eigenvalue weighted by Gasteiger charge is 2.15. The van der Waals surface area contributed by atoms with Crippen molar-refractivity contribution in [1.82, 2.24) is 10.6 Å². The maximum absolute atomic E-state index is 12.1. The number of carbonyl (C=O) groups is 2. The van der Waals surface area contributed by atoms with Gasteiger partial charge in [0.25, 0.3) is 5.91 Å². The third-order valence-corrected chi connectivity index (χ3v) is 3.33. The van der Waals surface area contributed by atoms with E-state index in [0.29, 0.717) is 18.7 Å². The number of amides is 2. The van der Waals surface area contributed by atoms with Crippen molar-refractivity contribution in [2.45, 2.75) is 26.4 Å². The number of rotatable bonds is 5. The maximum atomic E-state index is 12.1. The van der Waals surface area contributed by atoms with Crippen LogP contribution in [0.2, 0.25) is 0 Å². The fraction of sp³-hybridized carbons (Fsp3) is 0.300. The number of benzene rings is 2. The Bertz CT molecular complexity index is 704. The lowest BCUT2D eigenvalue weighted by Gasteiger charge is -2.19. The van der Waals surface area contributed by atoms with Crippen LogP contribution in [0, 0.1) is 0 Å². The summed E-state index contributed by atoms with van der Waals surface area (Å²) in [6.45, 7) is 6.04. The summed E-state index contributed by atoms with van der Waals surface area (Å²) in [6, 6.07) is 17.4. The first-order valence-corrected chi connectivity index (χ1v) is 8.26. The van der Waals surface area contributed by atoms with Gasteiger partial charge in [0.05, 0.1) is 0 Å². The van der Waals surface area contributed by atoms with E-state index in [0.717, 1.165) is 11.1 Å². The van der Waals surface area contributed by atoms with Gasteiger partial charge in [-0.2, -0.15) is 0 Å². The van der Waals surface area contributed by atoms with Crippen LogP contribution in [0.15, 0.2) is 54.6 Å². The molecule has 2 aromatic rings. The monoisotopic (exact) mass is 340 g/mol. The third kappa shape index (κ3) is 6.30. The molecule has 2 aromatic carbocycles. The SMILES string of the molecule is CC(C)(C)OC(=O)NCCNC(=O)c1ccc(-c2ccccc2)cc1. The molecule has 0 radical (unpaired) electrons. The molecule has 0 saturated carbocycles. The van der Waals surface area contributed by atoms with Crippen molar-refractivity contribution in [3.05, 3.63) is 60.2 Å². The first-order chi connectivity index (χ1) is 11.8. The van der Waals surface area contributed by atoms with Gasteiger partial charge < -0.3 is 15.4 Å². The second kappa shape index (κ2) is 8.33. The van der Waals surface area contributed by atoms with Gasteiger partial charge in [-0.3, -0.25) is 4.79 Å². The predicted molar refractivity (Wildman–Crippen MR) is 98.4 cm³/mol. The summed E-state index contributed by atoms with van der Waals surface area (Å²) in [5.74, 6) is -0.175. The van der Waals surface area contributed by atoms with Crippen LogP contribution in [0.4, 0.5) is 4.79 Å². The zero-order valence-electron chi connectivity index (χ0n) is 14.8. The molecule has 0 aromatic heterocycles. The van der Waals surface area contributed by atoms with Crippen molar-refractivity contribution in [2.75, 3.05) is 13.1 Å². The minimum Gasteiger partial charge on any atom is -0.444 e. The summed E-state index contributed by atoms with van der Waals surface area (Å²) in [6.07, 6.45) is -0.492. The van der Waals surface area contributed by atoms with E-state index in [4.69, 9.17) is 4.74 Å². The number of alkyl carbamates (subject to hydrolysis) is 1. The fourth-order valence-corrected chi connectivity index (χ4v) is 2.20. The van der Waals surface area contributed by atoms with E-state index in [-0.39, 0.29) is 5.91 Å². The quantitative estimate of drug-likeness (QED) is 0.817. The maximum Gasteiger partial charge on any atom is 0.407 e. The van der Waals surface area contributed by atoms with Crippen LogP contribution >= 0.6 is 0 Å². The molecule has 2 N–H and O–H groups in total. The summed E-state index contributed by atoms with van der Waals surface area (Å²) in [5, 5.41) is 5.37. The zero-order valence-corrected chi connectivity index (χ0v) is 14.8. The predicted octanol–water partition coefficient (Wildman–Crippen LogP) is 3.61. The second-order valence-corrected chi connectivity index (χ2v) is 6.63. The molecule has 0 unspecified atom stereocenters.